The molecule has 2 aromatic carbocycles. The summed E-state index contributed by atoms with van der Waals surface area (Å²) in [6.45, 7) is 3.77. The molecule has 1 saturated heterocycles. The van der Waals surface area contributed by atoms with Crippen molar-refractivity contribution < 1.29 is 44.8 Å². The Morgan fingerprint density at radius 1 is 1.05 bits per heavy atom. The van der Waals surface area contributed by atoms with E-state index in [2.05, 4.69) is 15.2 Å². The highest BCUT2D eigenvalue weighted by atomic mass is 19.4. The highest BCUT2D eigenvalue weighted by Gasteiger charge is 2.61. The maximum atomic E-state index is 14.2. The van der Waals surface area contributed by atoms with Gasteiger partial charge in [0.25, 0.3) is 5.91 Å². The fourth-order valence-corrected chi connectivity index (χ4v) is 4.31. The number of ether oxygens (including phenoxy) is 1. The van der Waals surface area contributed by atoms with Crippen molar-refractivity contribution >= 4 is 11.6 Å². The molecule has 3 aromatic rings. The second-order valence-corrected chi connectivity index (χ2v) is 9.11. The van der Waals surface area contributed by atoms with Crippen LogP contribution in [-0.4, -0.2) is 67.5 Å². The van der Waals surface area contributed by atoms with E-state index >= 15 is 0 Å². The highest BCUT2D eigenvalue weighted by molar-refractivity contribution is 6.00. The first-order valence-corrected chi connectivity index (χ1v) is 12.3. The van der Waals surface area contributed by atoms with Gasteiger partial charge in [0, 0.05) is 44.4 Å². The molecular formula is C26H25F7N4O3. The van der Waals surface area contributed by atoms with Gasteiger partial charge in [-0.15, -0.1) is 0 Å². The number of halogens is 7. The van der Waals surface area contributed by atoms with Crippen molar-refractivity contribution in [3.05, 3.63) is 65.4 Å². The van der Waals surface area contributed by atoms with Crippen molar-refractivity contribution in [3.8, 4) is 17.0 Å². The Hall–Kier alpha value is -3.81. The van der Waals surface area contributed by atoms with Gasteiger partial charge in [0.2, 0.25) is 0 Å². The van der Waals surface area contributed by atoms with Crippen molar-refractivity contribution in [1.29, 1.82) is 0 Å². The third-order valence-corrected chi connectivity index (χ3v) is 6.36. The summed E-state index contributed by atoms with van der Waals surface area (Å²) in [6.07, 6.45) is -10.9. The van der Waals surface area contributed by atoms with Gasteiger partial charge in [-0.1, -0.05) is 17.3 Å². The number of aryl methyl sites for hydroxylation is 1. The lowest BCUT2D eigenvalue weighted by molar-refractivity contribution is -0.360. The summed E-state index contributed by atoms with van der Waals surface area (Å²) in [6, 6.07) is 8.44. The summed E-state index contributed by atoms with van der Waals surface area (Å²) in [5.74, 6) is -2.69. The van der Waals surface area contributed by atoms with Gasteiger partial charge in [-0.25, -0.2) is 8.78 Å². The molecule has 0 spiro atoms. The van der Waals surface area contributed by atoms with Crippen molar-refractivity contribution in [2.24, 2.45) is 0 Å². The summed E-state index contributed by atoms with van der Waals surface area (Å²) in [5, 5.41) is 6.59. The molecule has 216 valence electrons. The number of carbonyl (C=O) groups excluding carboxylic acids is 1. The molecule has 1 aliphatic rings. The maximum Gasteiger partial charge on any atom is 0.499 e. The zero-order valence-corrected chi connectivity index (χ0v) is 21.2. The predicted molar refractivity (Wildman–Crippen MR) is 130 cm³/mol. The molecule has 7 nitrogen and oxygen atoms in total. The largest absolute Gasteiger partial charge is 0.499 e. The molecule has 0 saturated carbocycles. The van der Waals surface area contributed by atoms with Crippen molar-refractivity contribution in [1.82, 2.24) is 15.4 Å². The zero-order valence-electron chi connectivity index (χ0n) is 21.2. The third-order valence-electron chi connectivity index (χ3n) is 6.36. The van der Waals surface area contributed by atoms with Crippen LogP contribution < -0.4 is 15.0 Å². The third kappa shape index (κ3) is 6.49. The van der Waals surface area contributed by atoms with Crippen LogP contribution in [0.15, 0.2) is 47.0 Å². The standard InChI is InChI=1S/C26H25F7N4O3/c1-16-22(23(35-40-16)18-5-2-3-6-19(18)28)24(38)34-9-4-10-36-11-13-37(14-12-36)20-8-7-17(27)15-21(20)39-26(32,33)25(29,30)31/h2-3,5-8,15H,4,9-14H2,1H3,(H,34,38). The number of hydrogen-bond donors (Lipinski definition) is 1. The molecule has 0 atom stereocenters. The first kappa shape index (κ1) is 29.2. The monoisotopic (exact) mass is 574 g/mol. The molecule has 40 heavy (non-hydrogen) atoms. The number of anilines is 1. The van der Waals surface area contributed by atoms with Gasteiger partial charge >= 0.3 is 12.3 Å². The molecule has 1 N–H and O–H groups in total. The molecule has 1 amide bonds. The number of nitrogens with zero attached hydrogens (tertiary/aromatic N) is 3. The number of hydrogen-bond acceptors (Lipinski definition) is 6. The fraction of sp³-hybridized carbons (Fsp3) is 0.385. The van der Waals surface area contributed by atoms with Crippen LogP contribution in [0.4, 0.5) is 36.4 Å². The minimum Gasteiger partial charge on any atom is -0.423 e. The molecule has 0 radical (unpaired) electrons. The van der Waals surface area contributed by atoms with Crippen LogP contribution in [0.3, 0.4) is 0 Å². The van der Waals surface area contributed by atoms with Crippen LogP contribution in [0.25, 0.3) is 11.3 Å². The summed E-state index contributed by atoms with van der Waals surface area (Å²) in [4.78, 5) is 16.3. The van der Waals surface area contributed by atoms with Gasteiger partial charge in [0.05, 0.1) is 5.69 Å². The number of piperazine rings is 1. The van der Waals surface area contributed by atoms with Crippen LogP contribution in [0.5, 0.6) is 5.75 Å². The molecule has 4 rings (SSSR count). The summed E-state index contributed by atoms with van der Waals surface area (Å²) < 4.78 is 102. The molecule has 2 heterocycles. The van der Waals surface area contributed by atoms with E-state index in [-0.39, 0.29) is 47.9 Å². The topological polar surface area (TPSA) is 70.8 Å². The van der Waals surface area contributed by atoms with Gasteiger partial charge in [0.15, 0.2) is 5.75 Å². The Bertz CT molecular complexity index is 1340. The molecular weight excluding hydrogens is 549 g/mol. The summed E-state index contributed by atoms with van der Waals surface area (Å²) in [7, 11) is 0. The number of alkyl halides is 5. The van der Waals surface area contributed by atoms with E-state index in [0.29, 0.717) is 32.1 Å². The lowest BCUT2D eigenvalue weighted by atomic mass is 10.1. The average molecular weight is 574 g/mol. The first-order valence-electron chi connectivity index (χ1n) is 12.3. The van der Waals surface area contributed by atoms with Crippen LogP contribution in [-0.2, 0) is 0 Å². The molecule has 1 fully saturated rings. The Morgan fingerprint density at radius 3 is 2.42 bits per heavy atom. The normalized spacial score (nSPS) is 14.8. The van der Waals surface area contributed by atoms with Crippen LogP contribution in [0, 0.1) is 18.6 Å². The lowest BCUT2D eigenvalue weighted by Crippen LogP contribution is -2.47. The molecule has 0 bridgehead atoms. The number of aromatic nitrogens is 1. The van der Waals surface area contributed by atoms with E-state index in [4.69, 9.17) is 4.52 Å². The van der Waals surface area contributed by atoms with Gasteiger partial charge in [-0.2, -0.15) is 22.0 Å². The predicted octanol–water partition coefficient (Wildman–Crippen LogP) is 5.40. The molecule has 0 unspecified atom stereocenters. The number of rotatable bonds is 9. The van der Waals surface area contributed by atoms with Gasteiger partial charge in [-0.3, -0.25) is 9.69 Å². The molecule has 1 aromatic heterocycles. The van der Waals surface area contributed by atoms with E-state index in [1.165, 1.54) is 18.2 Å². The number of carbonyl (C=O) groups is 1. The minimum absolute atomic E-state index is 0.0769. The van der Waals surface area contributed by atoms with E-state index in [0.717, 1.165) is 12.1 Å². The average Bonchev–Trinajstić information content (AvgIpc) is 3.27. The number of amides is 1. The Morgan fingerprint density at radius 2 is 1.75 bits per heavy atom. The van der Waals surface area contributed by atoms with Crippen LogP contribution in [0.2, 0.25) is 0 Å². The summed E-state index contributed by atoms with van der Waals surface area (Å²) >= 11 is 0. The first-order chi connectivity index (χ1) is 18.9. The molecule has 14 heteroatoms. The minimum atomic E-state index is -5.96. The Labute approximate surface area is 224 Å². The number of benzene rings is 2. The van der Waals surface area contributed by atoms with Gasteiger partial charge in [0.1, 0.15) is 28.7 Å². The fourth-order valence-electron chi connectivity index (χ4n) is 4.31. The van der Waals surface area contributed by atoms with Crippen molar-refractivity contribution in [2.75, 3.05) is 44.2 Å². The van der Waals surface area contributed by atoms with Crippen molar-refractivity contribution in [2.45, 2.75) is 25.6 Å². The molecule has 1 aliphatic heterocycles. The zero-order chi connectivity index (χ0) is 29.1. The quantitative estimate of drug-likeness (QED) is 0.273. The van der Waals surface area contributed by atoms with Crippen LogP contribution >= 0.6 is 0 Å². The Kier molecular flexibility index (Phi) is 8.57. The van der Waals surface area contributed by atoms with E-state index in [1.807, 2.05) is 4.90 Å². The van der Waals surface area contributed by atoms with E-state index in [9.17, 15) is 35.5 Å². The summed E-state index contributed by atoms with van der Waals surface area (Å²) in [5.41, 5.74) is 0.291. The highest BCUT2D eigenvalue weighted by Crippen LogP contribution is 2.41. The SMILES string of the molecule is Cc1onc(-c2ccccc2F)c1C(=O)NCCCN1CCN(c2ccc(F)cc2OC(F)(F)C(F)(F)F)CC1. The molecule has 0 aliphatic carbocycles. The smallest absolute Gasteiger partial charge is 0.423 e. The Balaban J connectivity index is 1.29. The van der Waals surface area contributed by atoms with Crippen molar-refractivity contribution in [3.63, 3.8) is 0 Å². The van der Waals surface area contributed by atoms with Crippen LogP contribution in [0.1, 0.15) is 22.5 Å². The lowest BCUT2D eigenvalue weighted by Gasteiger charge is -2.37. The van der Waals surface area contributed by atoms with Gasteiger partial charge < -0.3 is 19.5 Å². The second-order valence-electron chi connectivity index (χ2n) is 9.11. The van der Waals surface area contributed by atoms with E-state index < -0.39 is 35.6 Å². The number of nitrogens with one attached hydrogen (secondary N) is 1. The second kappa shape index (κ2) is 11.7. The van der Waals surface area contributed by atoms with E-state index in [1.54, 1.807) is 17.9 Å². The van der Waals surface area contributed by atoms with Gasteiger partial charge in [-0.05, 0) is 44.2 Å². The maximum absolute atomic E-state index is 14.2.